The molecule has 0 radical (unpaired) electrons. The summed E-state index contributed by atoms with van der Waals surface area (Å²) in [5.41, 5.74) is 11.0. The van der Waals surface area contributed by atoms with Gasteiger partial charge in [-0.1, -0.05) is 30.3 Å². The van der Waals surface area contributed by atoms with E-state index < -0.39 is 0 Å². The van der Waals surface area contributed by atoms with Crippen molar-refractivity contribution in [1.29, 1.82) is 0 Å². The molecule has 7 nitrogen and oxygen atoms in total. The molecule has 4 rings (SSSR count). The molecule has 0 amide bonds. The molecule has 0 aliphatic heterocycles. The number of halogens is 1. The molecule has 1 aromatic carbocycles. The van der Waals surface area contributed by atoms with Crippen LogP contribution in [0.15, 0.2) is 53.4 Å². The van der Waals surface area contributed by atoms with Crippen molar-refractivity contribution in [2.24, 2.45) is 0 Å². The molecule has 0 saturated heterocycles. The number of anilines is 1. The Labute approximate surface area is 158 Å². The molecule has 0 unspecified atom stereocenters. The minimum atomic E-state index is 0.544. The van der Waals surface area contributed by atoms with E-state index in [-0.39, 0.29) is 0 Å². The number of aromatic nitrogens is 5. The number of hydrogen-bond donors (Lipinski definition) is 3. The monoisotopic (exact) mass is 411 g/mol. The zero-order valence-corrected chi connectivity index (χ0v) is 15.6. The van der Waals surface area contributed by atoms with Gasteiger partial charge in [-0.25, -0.2) is 4.98 Å². The fourth-order valence-corrected chi connectivity index (χ4v) is 3.30. The number of nitrogen functional groups attached to an aromatic ring is 1. The number of benzene rings is 1. The van der Waals surface area contributed by atoms with Gasteiger partial charge in [-0.15, -0.1) is 0 Å². The largest absolute Gasteiger partial charge is 0.383 e. The van der Waals surface area contributed by atoms with E-state index in [1.54, 1.807) is 16.9 Å². The van der Waals surface area contributed by atoms with Crippen molar-refractivity contribution in [3.05, 3.63) is 64.7 Å². The number of nitrogens with one attached hydrogen (secondary N) is 2. The molecule has 0 atom stereocenters. The Morgan fingerprint density at radius 3 is 2.81 bits per heavy atom. The van der Waals surface area contributed by atoms with Crippen LogP contribution in [0.3, 0.4) is 0 Å². The topological polar surface area (TPSA) is 96.9 Å². The fraction of sp³-hybridized carbons (Fsp3) is 0.167. The van der Waals surface area contributed by atoms with Crippen molar-refractivity contribution in [1.82, 2.24) is 30.1 Å². The van der Waals surface area contributed by atoms with Gasteiger partial charge in [-0.05, 0) is 21.5 Å². The van der Waals surface area contributed by atoms with Crippen LogP contribution in [-0.2, 0) is 13.0 Å². The Hall–Kier alpha value is -2.71. The molecule has 0 spiro atoms. The second kappa shape index (κ2) is 7.27. The highest BCUT2D eigenvalue weighted by atomic mass is 79.9. The molecule has 3 aromatic heterocycles. The second-order valence-electron chi connectivity index (χ2n) is 5.95. The Kier molecular flexibility index (Phi) is 4.68. The van der Waals surface area contributed by atoms with Gasteiger partial charge in [0.25, 0.3) is 0 Å². The zero-order valence-electron chi connectivity index (χ0n) is 14.0. The highest BCUT2D eigenvalue weighted by Crippen LogP contribution is 2.29. The summed E-state index contributed by atoms with van der Waals surface area (Å²) in [6.07, 6.45) is 6.08. The van der Waals surface area contributed by atoms with Crippen molar-refractivity contribution in [3.63, 3.8) is 0 Å². The minimum Gasteiger partial charge on any atom is -0.383 e. The number of nitrogens with zero attached hydrogens (tertiary/aromatic N) is 4. The fourth-order valence-electron chi connectivity index (χ4n) is 2.85. The van der Waals surface area contributed by atoms with E-state index in [0.29, 0.717) is 5.82 Å². The van der Waals surface area contributed by atoms with Crippen LogP contribution in [0.5, 0.6) is 0 Å². The van der Waals surface area contributed by atoms with Crippen LogP contribution >= 0.6 is 15.9 Å². The molecular formula is C18H18BrN7. The lowest BCUT2D eigenvalue weighted by Gasteiger charge is -2.10. The van der Waals surface area contributed by atoms with E-state index in [4.69, 9.17) is 10.7 Å². The third-order valence-electron chi connectivity index (χ3n) is 4.21. The van der Waals surface area contributed by atoms with Gasteiger partial charge in [0.15, 0.2) is 5.65 Å². The van der Waals surface area contributed by atoms with Crippen molar-refractivity contribution in [2.45, 2.75) is 13.0 Å². The van der Waals surface area contributed by atoms with E-state index in [2.05, 4.69) is 48.7 Å². The van der Waals surface area contributed by atoms with E-state index in [1.165, 1.54) is 5.56 Å². The van der Waals surface area contributed by atoms with Gasteiger partial charge >= 0.3 is 0 Å². The summed E-state index contributed by atoms with van der Waals surface area (Å²) in [6, 6.07) is 10.3. The summed E-state index contributed by atoms with van der Waals surface area (Å²) in [4.78, 5) is 4.79. The summed E-state index contributed by atoms with van der Waals surface area (Å²) in [7, 11) is 0. The Balaban J connectivity index is 1.55. The molecule has 0 fully saturated rings. The summed E-state index contributed by atoms with van der Waals surface area (Å²) < 4.78 is 2.43. The molecule has 0 bridgehead atoms. The van der Waals surface area contributed by atoms with Gasteiger partial charge in [-0.2, -0.15) is 14.7 Å². The van der Waals surface area contributed by atoms with Crippen molar-refractivity contribution in [3.8, 4) is 11.1 Å². The Bertz CT molecular complexity index is 1010. The van der Waals surface area contributed by atoms with Crippen LogP contribution in [0.1, 0.15) is 11.3 Å². The molecule has 26 heavy (non-hydrogen) atoms. The SMILES string of the molecule is Nc1c(Br)c(CCNCc2ccccc2)nc2c(-c3cn[nH]c3)cnn12. The minimum absolute atomic E-state index is 0.544. The summed E-state index contributed by atoms with van der Waals surface area (Å²) >= 11 is 3.56. The van der Waals surface area contributed by atoms with Gasteiger partial charge < -0.3 is 11.1 Å². The molecule has 0 aliphatic rings. The molecule has 0 saturated carbocycles. The Morgan fingerprint density at radius 1 is 1.19 bits per heavy atom. The number of fused-ring (bicyclic) bond motifs is 1. The van der Waals surface area contributed by atoms with Crippen molar-refractivity contribution < 1.29 is 0 Å². The highest BCUT2D eigenvalue weighted by Gasteiger charge is 2.16. The molecule has 4 aromatic rings. The van der Waals surface area contributed by atoms with Crippen LogP contribution in [0.2, 0.25) is 0 Å². The first-order valence-electron chi connectivity index (χ1n) is 8.29. The number of H-pyrrole nitrogens is 1. The molecule has 4 N–H and O–H groups in total. The summed E-state index contributed by atoms with van der Waals surface area (Å²) in [5, 5.41) is 14.6. The maximum atomic E-state index is 6.25. The van der Waals surface area contributed by atoms with E-state index in [1.807, 2.05) is 24.4 Å². The van der Waals surface area contributed by atoms with E-state index in [9.17, 15) is 0 Å². The standard InChI is InChI=1S/C18H18BrN7/c19-16-15(6-7-21-8-12-4-2-1-3-5-12)25-18-14(13-9-22-23-10-13)11-24-26(18)17(16)20/h1-5,9-11,21H,6-8,20H2,(H,22,23). The molecule has 8 heteroatoms. The zero-order chi connectivity index (χ0) is 17.9. The van der Waals surface area contributed by atoms with E-state index in [0.717, 1.165) is 46.5 Å². The van der Waals surface area contributed by atoms with Gasteiger partial charge in [0.1, 0.15) is 5.82 Å². The first-order chi connectivity index (χ1) is 12.7. The lowest BCUT2D eigenvalue weighted by atomic mass is 10.2. The third-order valence-corrected chi connectivity index (χ3v) is 5.07. The predicted molar refractivity (Wildman–Crippen MR) is 105 cm³/mol. The highest BCUT2D eigenvalue weighted by molar-refractivity contribution is 9.10. The van der Waals surface area contributed by atoms with Crippen LogP contribution in [0, 0.1) is 0 Å². The van der Waals surface area contributed by atoms with Gasteiger partial charge in [0.05, 0.1) is 22.6 Å². The second-order valence-corrected chi connectivity index (χ2v) is 6.74. The molecule has 3 heterocycles. The maximum Gasteiger partial charge on any atom is 0.165 e. The number of aromatic amines is 1. The van der Waals surface area contributed by atoms with Crippen LogP contribution in [0.25, 0.3) is 16.8 Å². The predicted octanol–water partition coefficient (Wildman–Crippen LogP) is 2.80. The third kappa shape index (κ3) is 3.21. The van der Waals surface area contributed by atoms with Gasteiger partial charge in [0.2, 0.25) is 0 Å². The summed E-state index contributed by atoms with van der Waals surface area (Å²) in [5.74, 6) is 0.544. The number of hydrogen-bond acceptors (Lipinski definition) is 5. The molecular weight excluding hydrogens is 394 g/mol. The van der Waals surface area contributed by atoms with Crippen LogP contribution < -0.4 is 11.1 Å². The van der Waals surface area contributed by atoms with Crippen molar-refractivity contribution >= 4 is 27.4 Å². The average Bonchev–Trinajstić information content (AvgIpc) is 3.33. The Morgan fingerprint density at radius 2 is 2.04 bits per heavy atom. The lowest BCUT2D eigenvalue weighted by molar-refractivity contribution is 0.678. The quantitative estimate of drug-likeness (QED) is 0.423. The van der Waals surface area contributed by atoms with Gasteiger partial charge in [0, 0.05) is 36.8 Å². The lowest BCUT2D eigenvalue weighted by Crippen LogP contribution is -2.18. The van der Waals surface area contributed by atoms with E-state index >= 15 is 0 Å². The maximum absolute atomic E-state index is 6.25. The number of rotatable bonds is 6. The average molecular weight is 412 g/mol. The summed E-state index contributed by atoms with van der Waals surface area (Å²) in [6.45, 7) is 1.62. The normalized spacial score (nSPS) is 11.3. The van der Waals surface area contributed by atoms with Gasteiger partial charge in [-0.3, -0.25) is 5.10 Å². The smallest absolute Gasteiger partial charge is 0.165 e. The van der Waals surface area contributed by atoms with Crippen molar-refractivity contribution in [2.75, 3.05) is 12.3 Å². The molecule has 0 aliphatic carbocycles. The number of nitrogens with two attached hydrogens (primary N) is 1. The van der Waals surface area contributed by atoms with Crippen LogP contribution in [0.4, 0.5) is 5.82 Å². The first kappa shape index (κ1) is 16.7. The molecule has 132 valence electrons. The first-order valence-corrected chi connectivity index (χ1v) is 9.08. The van der Waals surface area contributed by atoms with Crippen LogP contribution in [-0.4, -0.2) is 31.3 Å².